The Bertz CT molecular complexity index is 777. The third kappa shape index (κ3) is 1.21. The van der Waals surface area contributed by atoms with Crippen LogP contribution in [-0.4, -0.2) is 0 Å². The van der Waals surface area contributed by atoms with Gasteiger partial charge in [0, 0.05) is 24.7 Å². The Morgan fingerprint density at radius 2 is 2.00 bits per heavy atom. The maximum atomic E-state index is 6.16. The van der Waals surface area contributed by atoms with E-state index in [2.05, 4.69) is 37.4 Å². The van der Waals surface area contributed by atoms with Crippen LogP contribution in [0, 0.1) is 0 Å². The molecule has 0 nitrogen and oxygen atoms in total. The van der Waals surface area contributed by atoms with Gasteiger partial charge < -0.3 is 0 Å². The summed E-state index contributed by atoms with van der Waals surface area (Å²) in [5.41, 5.74) is 4.30. The van der Waals surface area contributed by atoms with Crippen molar-refractivity contribution in [3.63, 3.8) is 0 Å². The highest BCUT2D eigenvalue weighted by atomic mass is 35.5. The number of rotatable bonds is 0. The SMILES string of the molecule is CC1(C)c2cc(Cl)ccc2-c2sc3ccsc3c21. The van der Waals surface area contributed by atoms with Crippen LogP contribution in [0.25, 0.3) is 19.8 Å². The molecule has 0 radical (unpaired) electrons. The average molecular weight is 291 g/mol. The van der Waals surface area contributed by atoms with Crippen molar-refractivity contribution in [3.8, 4) is 10.4 Å². The molecule has 0 amide bonds. The summed E-state index contributed by atoms with van der Waals surface area (Å²) in [6.45, 7) is 4.61. The van der Waals surface area contributed by atoms with E-state index in [-0.39, 0.29) is 5.41 Å². The van der Waals surface area contributed by atoms with Crippen LogP contribution in [-0.2, 0) is 5.41 Å². The lowest BCUT2D eigenvalue weighted by Crippen LogP contribution is -2.14. The minimum atomic E-state index is 0.0681. The van der Waals surface area contributed by atoms with E-state index in [4.69, 9.17) is 11.6 Å². The minimum absolute atomic E-state index is 0.0681. The molecule has 0 atom stereocenters. The normalized spacial score (nSPS) is 15.9. The van der Waals surface area contributed by atoms with Crippen LogP contribution in [0.3, 0.4) is 0 Å². The van der Waals surface area contributed by atoms with Crippen LogP contribution >= 0.6 is 34.3 Å². The second kappa shape index (κ2) is 3.38. The first kappa shape index (κ1) is 11.0. The molecule has 0 spiro atoms. The number of hydrogen-bond donors (Lipinski definition) is 0. The summed E-state index contributed by atoms with van der Waals surface area (Å²) in [6, 6.07) is 8.53. The summed E-state index contributed by atoms with van der Waals surface area (Å²) in [6.07, 6.45) is 0. The molecule has 1 aliphatic rings. The van der Waals surface area contributed by atoms with Gasteiger partial charge in [0.15, 0.2) is 0 Å². The zero-order valence-electron chi connectivity index (χ0n) is 10.1. The van der Waals surface area contributed by atoms with Gasteiger partial charge in [-0.1, -0.05) is 31.5 Å². The maximum absolute atomic E-state index is 6.16. The molecule has 2 aromatic heterocycles. The molecule has 1 aromatic carbocycles. The Kier molecular flexibility index (Phi) is 2.07. The fourth-order valence-electron chi connectivity index (χ4n) is 2.95. The van der Waals surface area contributed by atoms with Gasteiger partial charge in [-0.15, -0.1) is 22.7 Å². The molecule has 0 unspecified atom stereocenters. The first-order valence-electron chi connectivity index (χ1n) is 5.90. The van der Waals surface area contributed by atoms with Crippen LogP contribution in [0.2, 0.25) is 5.02 Å². The Hall–Kier alpha value is -0.830. The third-order valence-corrected chi connectivity index (χ3v) is 6.30. The predicted octanol–water partition coefficient (Wildman–Crippen LogP) is 5.92. The number of halogens is 1. The van der Waals surface area contributed by atoms with Crippen molar-refractivity contribution in [2.24, 2.45) is 0 Å². The Morgan fingerprint density at radius 1 is 1.17 bits per heavy atom. The van der Waals surface area contributed by atoms with Crippen molar-refractivity contribution >= 4 is 43.7 Å². The summed E-state index contributed by atoms with van der Waals surface area (Å²) in [7, 11) is 0. The first-order chi connectivity index (χ1) is 8.59. The van der Waals surface area contributed by atoms with Gasteiger partial charge in [0.2, 0.25) is 0 Å². The van der Waals surface area contributed by atoms with E-state index in [1.165, 1.54) is 31.0 Å². The summed E-state index contributed by atoms with van der Waals surface area (Å²) in [4.78, 5) is 1.44. The lowest BCUT2D eigenvalue weighted by atomic mass is 9.83. The summed E-state index contributed by atoms with van der Waals surface area (Å²) < 4.78 is 2.87. The van der Waals surface area contributed by atoms with Crippen LogP contribution < -0.4 is 0 Å². The van der Waals surface area contributed by atoms with Crippen LogP contribution in [0.1, 0.15) is 25.0 Å². The molecule has 0 fully saturated rings. The molecule has 1 aliphatic carbocycles. The fourth-order valence-corrected chi connectivity index (χ4v) is 5.84. The molecule has 0 saturated heterocycles. The molecule has 0 saturated carbocycles. The van der Waals surface area contributed by atoms with Crippen molar-refractivity contribution in [3.05, 3.63) is 45.8 Å². The molecule has 0 N–H and O–H groups in total. The Morgan fingerprint density at radius 3 is 2.83 bits per heavy atom. The molecule has 4 rings (SSSR count). The lowest BCUT2D eigenvalue weighted by Gasteiger charge is -2.20. The molecule has 90 valence electrons. The zero-order valence-corrected chi connectivity index (χ0v) is 12.5. The van der Waals surface area contributed by atoms with Crippen molar-refractivity contribution in [1.29, 1.82) is 0 Å². The summed E-state index contributed by atoms with van der Waals surface area (Å²) in [5, 5.41) is 3.02. The quantitative estimate of drug-likeness (QED) is 0.482. The Balaban J connectivity index is 2.17. The van der Waals surface area contributed by atoms with Gasteiger partial charge in [0.25, 0.3) is 0 Å². The lowest BCUT2D eigenvalue weighted by molar-refractivity contribution is 0.668. The molecule has 0 bridgehead atoms. The van der Waals surface area contributed by atoms with Crippen molar-refractivity contribution < 1.29 is 0 Å². The number of thiophene rings is 2. The van der Waals surface area contributed by atoms with Crippen molar-refractivity contribution in [1.82, 2.24) is 0 Å². The second-order valence-electron chi connectivity index (χ2n) is 5.24. The maximum Gasteiger partial charge on any atom is 0.0497 e. The highest BCUT2D eigenvalue weighted by Gasteiger charge is 2.39. The standard InChI is InChI=1S/C15H11ClS2/c1-15(2)10-7-8(16)3-4-9(10)13-12(15)14-11(18-13)5-6-17-14/h3-7H,1-2H3. The highest BCUT2D eigenvalue weighted by Crippen LogP contribution is 2.56. The van der Waals surface area contributed by atoms with Crippen LogP contribution in [0.15, 0.2) is 29.6 Å². The van der Waals surface area contributed by atoms with Gasteiger partial charge >= 0.3 is 0 Å². The van der Waals surface area contributed by atoms with Crippen LogP contribution in [0.4, 0.5) is 0 Å². The van der Waals surface area contributed by atoms with Crippen molar-refractivity contribution in [2.75, 3.05) is 0 Å². The van der Waals surface area contributed by atoms with Gasteiger partial charge in [-0.2, -0.15) is 0 Å². The number of benzene rings is 1. The molecule has 3 heteroatoms. The monoisotopic (exact) mass is 290 g/mol. The van der Waals surface area contributed by atoms with E-state index in [0.29, 0.717) is 0 Å². The number of hydrogen-bond acceptors (Lipinski definition) is 2. The largest absolute Gasteiger partial charge is 0.143 e. The van der Waals surface area contributed by atoms with Gasteiger partial charge in [-0.05, 0) is 40.3 Å². The van der Waals surface area contributed by atoms with Crippen LogP contribution in [0.5, 0.6) is 0 Å². The van der Waals surface area contributed by atoms with E-state index in [0.717, 1.165) is 5.02 Å². The number of fused-ring (bicyclic) bond motifs is 5. The first-order valence-corrected chi connectivity index (χ1v) is 7.97. The van der Waals surface area contributed by atoms with E-state index in [1.54, 1.807) is 0 Å². The zero-order chi connectivity index (χ0) is 12.5. The van der Waals surface area contributed by atoms with E-state index < -0.39 is 0 Å². The Labute approximate surface area is 119 Å². The summed E-state index contributed by atoms with van der Waals surface area (Å²) in [5.74, 6) is 0. The van der Waals surface area contributed by atoms with E-state index in [1.807, 2.05) is 28.7 Å². The molecule has 2 heterocycles. The molecule has 0 aliphatic heterocycles. The van der Waals surface area contributed by atoms with E-state index >= 15 is 0 Å². The molecule has 3 aromatic rings. The summed E-state index contributed by atoms with van der Waals surface area (Å²) >= 11 is 9.93. The highest BCUT2D eigenvalue weighted by molar-refractivity contribution is 7.29. The van der Waals surface area contributed by atoms with Gasteiger partial charge in [-0.3, -0.25) is 0 Å². The van der Waals surface area contributed by atoms with Gasteiger partial charge in [0.1, 0.15) is 0 Å². The molecule has 18 heavy (non-hydrogen) atoms. The van der Waals surface area contributed by atoms with E-state index in [9.17, 15) is 0 Å². The smallest absolute Gasteiger partial charge is 0.0497 e. The minimum Gasteiger partial charge on any atom is -0.143 e. The van der Waals surface area contributed by atoms with Gasteiger partial charge in [-0.25, -0.2) is 0 Å². The molecular weight excluding hydrogens is 280 g/mol. The average Bonchev–Trinajstić information content (AvgIpc) is 2.91. The molecular formula is C15H11ClS2. The van der Waals surface area contributed by atoms with Crippen molar-refractivity contribution in [2.45, 2.75) is 19.3 Å². The predicted molar refractivity (Wildman–Crippen MR) is 82.3 cm³/mol. The topological polar surface area (TPSA) is 0 Å². The fraction of sp³-hybridized carbons (Fsp3) is 0.200. The third-order valence-electron chi connectivity index (χ3n) is 3.82. The van der Waals surface area contributed by atoms with Gasteiger partial charge in [0.05, 0.1) is 0 Å². The second-order valence-corrected chi connectivity index (χ2v) is 7.64.